The molecule has 5 heteroatoms. The molecule has 2 rings (SSSR count). The Hall–Kier alpha value is -1.62. The first kappa shape index (κ1) is 20.4. The molecule has 1 amide bonds. The predicted molar refractivity (Wildman–Crippen MR) is 96.8 cm³/mol. The Morgan fingerprint density at radius 3 is 2.42 bits per heavy atom. The highest BCUT2D eigenvalue weighted by atomic mass is 16.6. The minimum Gasteiger partial charge on any atom is -0.339 e. The zero-order chi connectivity index (χ0) is 18.1. The molecule has 2 heterocycles. The number of piperidine rings is 1. The molecule has 0 N–H and O–H groups in total. The zero-order valence-electron chi connectivity index (χ0n) is 16.2. The van der Waals surface area contributed by atoms with Crippen LogP contribution >= 0.6 is 0 Å². The van der Waals surface area contributed by atoms with E-state index in [1.807, 2.05) is 26.0 Å². The lowest BCUT2D eigenvalue weighted by Gasteiger charge is -2.30. The molecule has 1 fully saturated rings. The molecule has 24 heavy (non-hydrogen) atoms. The summed E-state index contributed by atoms with van der Waals surface area (Å²) >= 11 is 0. The van der Waals surface area contributed by atoms with Crippen LogP contribution in [0.5, 0.6) is 0 Å². The molecular formula is C19H34N3O2+. The van der Waals surface area contributed by atoms with Crippen molar-refractivity contribution in [2.45, 2.75) is 46.6 Å². The van der Waals surface area contributed by atoms with Gasteiger partial charge < -0.3 is 4.90 Å². The number of hydrogen-bond donors (Lipinski definition) is 0. The third-order valence-corrected chi connectivity index (χ3v) is 4.50. The topological polar surface area (TPSA) is 36.7 Å². The van der Waals surface area contributed by atoms with Gasteiger partial charge >= 0.3 is 11.6 Å². The number of carbonyl (C=O) groups excluding carboxylic acids is 1. The standard InChI is InChI=1S/C17H28N3O2.C2H6/c1-5-14-9-11-19(12-10-14)13-15-7-6-8-16(20(15)22-4)17(21)18(2)3;1-2/h6-8,14H,5,9-13H2,1-4H3;1-2H3/q+1;. The first-order valence-electron chi connectivity index (χ1n) is 9.09. The highest BCUT2D eigenvalue weighted by molar-refractivity contribution is 5.90. The van der Waals surface area contributed by atoms with Crippen molar-refractivity contribution in [3.63, 3.8) is 0 Å². The van der Waals surface area contributed by atoms with Gasteiger partial charge in [0, 0.05) is 31.0 Å². The van der Waals surface area contributed by atoms with Crippen molar-refractivity contribution in [2.24, 2.45) is 5.92 Å². The Bertz CT molecular complexity index is 509. The fourth-order valence-corrected chi connectivity index (χ4v) is 3.04. The van der Waals surface area contributed by atoms with E-state index in [0.29, 0.717) is 5.69 Å². The van der Waals surface area contributed by atoms with Gasteiger partial charge in [-0.25, -0.2) is 0 Å². The van der Waals surface area contributed by atoms with Crippen LogP contribution in [0.1, 0.15) is 56.2 Å². The van der Waals surface area contributed by atoms with Crippen LogP contribution in [0.25, 0.3) is 0 Å². The largest absolute Gasteiger partial charge is 0.339 e. The van der Waals surface area contributed by atoms with Crippen molar-refractivity contribution in [1.29, 1.82) is 0 Å². The van der Waals surface area contributed by atoms with Crippen LogP contribution in [0.4, 0.5) is 0 Å². The number of carbonyl (C=O) groups is 1. The molecule has 1 saturated heterocycles. The lowest BCUT2D eigenvalue weighted by molar-refractivity contribution is -0.892. The van der Waals surface area contributed by atoms with Gasteiger partial charge in [-0.05, 0) is 37.9 Å². The molecule has 0 aliphatic carbocycles. The summed E-state index contributed by atoms with van der Waals surface area (Å²) in [6.45, 7) is 9.33. The number of aromatic nitrogens is 1. The Balaban J connectivity index is 0.00000139. The van der Waals surface area contributed by atoms with E-state index >= 15 is 0 Å². The summed E-state index contributed by atoms with van der Waals surface area (Å²) in [7, 11) is 5.12. The van der Waals surface area contributed by atoms with E-state index in [1.54, 1.807) is 36.9 Å². The molecule has 1 aromatic heterocycles. The van der Waals surface area contributed by atoms with Crippen molar-refractivity contribution >= 4 is 5.91 Å². The minimum atomic E-state index is -0.0478. The van der Waals surface area contributed by atoms with E-state index in [1.165, 1.54) is 19.3 Å². The maximum absolute atomic E-state index is 12.3. The smallest absolute Gasteiger partial charge is 0.323 e. The second kappa shape index (κ2) is 10.3. The van der Waals surface area contributed by atoms with Gasteiger partial charge in [0.25, 0.3) is 0 Å². The van der Waals surface area contributed by atoms with Crippen molar-refractivity contribution in [2.75, 3.05) is 34.3 Å². The molecular weight excluding hydrogens is 302 g/mol. The molecule has 0 saturated carbocycles. The number of rotatable bonds is 5. The van der Waals surface area contributed by atoms with Crippen LogP contribution in [0.3, 0.4) is 0 Å². The monoisotopic (exact) mass is 336 g/mol. The highest BCUT2D eigenvalue weighted by Crippen LogP contribution is 2.20. The second-order valence-corrected chi connectivity index (χ2v) is 6.21. The average molecular weight is 337 g/mol. The quantitative estimate of drug-likeness (QED) is 0.775. The second-order valence-electron chi connectivity index (χ2n) is 6.21. The first-order valence-corrected chi connectivity index (χ1v) is 9.09. The van der Waals surface area contributed by atoms with Crippen molar-refractivity contribution in [1.82, 2.24) is 9.80 Å². The highest BCUT2D eigenvalue weighted by Gasteiger charge is 2.28. The van der Waals surface area contributed by atoms with E-state index in [9.17, 15) is 4.79 Å². The fourth-order valence-electron chi connectivity index (χ4n) is 3.04. The van der Waals surface area contributed by atoms with E-state index in [-0.39, 0.29) is 5.91 Å². The van der Waals surface area contributed by atoms with Crippen LogP contribution in [0.2, 0.25) is 0 Å². The molecule has 0 bridgehead atoms. The van der Waals surface area contributed by atoms with E-state index < -0.39 is 0 Å². The van der Waals surface area contributed by atoms with Gasteiger partial charge in [-0.3, -0.25) is 14.5 Å². The normalized spacial score (nSPS) is 15.4. The maximum Gasteiger partial charge on any atom is 0.323 e. The molecule has 1 aliphatic rings. The first-order chi connectivity index (χ1) is 11.6. The van der Waals surface area contributed by atoms with Gasteiger partial charge in [0.1, 0.15) is 7.11 Å². The van der Waals surface area contributed by atoms with Gasteiger partial charge in [0.05, 0.1) is 6.54 Å². The lowest BCUT2D eigenvalue weighted by atomic mass is 9.94. The molecule has 5 nitrogen and oxygen atoms in total. The number of likely N-dealkylation sites (tertiary alicyclic amines) is 1. The van der Waals surface area contributed by atoms with Gasteiger partial charge in [0.15, 0.2) is 0 Å². The Kier molecular flexibility index (Phi) is 8.76. The van der Waals surface area contributed by atoms with Crippen LogP contribution in [0, 0.1) is 5.92 Å². The Morgan fingerprint density at radius 1 is 1.29 bits per heavy atom. The summed E-state index contributed by atoms with van der Waals surface area (Å²) in [5, 5.41) is 0. The van der Waals surface area contributed by atoms with Gasteiger partial charge in [-0.15, -0.1) is 0 Å². The van der Waals surface area contributed by atoms with Crippen LogP contribution in [0.15, 0.2) is 18.2 Å². The summed E-state index contributed by atoms with van der Waals surface area (Å²) in [5.41, 5.74) is 1.58. The van der Waals surface area contributed by atoms with Crippen LogP contribution in [-0.2, 0) is 6.54 Å². The third kappa shape index (κ3) is 5.20. The fraction of sp³-hybridized carbons (Fsp3) is 0.684. The molecule has 0 radical (unpaired) electrons. The molecule has 136 valence electrons. The van der Waals surface area contributed by atoms with Crippen molar-refractivity contribution in [3.05, 3.63) is 29.6 Å². The summed E-state index contributed by atoms with van der Waals surface area (Å²) < 4.78 is 1.66. The number of pyridine rings is 1. The summed E-state index contributed by atoms with van der Waals surface area (Å²) in [5.74, 6) is 0.820. The SMILES string of the molecule is CC.CCC1CCN(Cc2cccc(C(=O)N(C)C)[n+]2OC)CC1. The van der Waals surface area contributed by atoms with Crippen LogP contribution < -0.4 is 9.57 Å². The Labute approximate surface area is 147 Å². The van der Waals surface area contributed by atoms with Gasteiger partial charge in [-0.2, -0.15) is 0 Å². The van der Waals surface area contributed by atoms with E-state index in [2.05, 4.69) is 11.8 Å². The van der Waals surface area contributed by atoms with Crippen molar-refractivity contribution < 1.29 is 14.4 Å². The zero-order valence-corrected chi connectivity index (χ0v) is 16.2. The summed E-state index contributed by atoms with van der Waals surface area (Å²) in [4.78, 5) is 21.8. The molecule has 1 aliphatic heterocycles. The van der Waals surface area contributed by atoms with Crippen molar-refractivity contribution in [3.8, 4) is 0 Å². The molecule has 0 spiro atoms. The Morgan fingerprint density at radius 2 is 1.92 bits per heavy atom. The number of amides is 1. The molecule has 0 aromatic carbocycles. The molecule has 0 atom stereocenters. The number of nitrogens with zero attached hydrogens (tertiary/aromatic N) is 3. The third-order valence-electron chi connectivity index (χ3n) is 4.50. The maximum atomic E-state index is 12.3. The van der Waals surface area contributed by atoms with E-state index in [0.717, 1.165) is 31.2 Å². The van der Waals surface area contributed by atoms with E-state index in [4.69, 9.17) is 4.84 Å². The molecule has 0 unspecified atom stereocenters. The summed E-state index contributed by atoms with van der Waals surface area (Å²) in [6, 6.07) is 5.76. The lowest BCUT2D eigenvalue weighted by Crippen LogP contribution is -2.52. The summed E-state index contributed by atoms with van der Waals surface area (Å²) in [6.07, 6.45) is 3.80. The predicted octanol–water partition coefficient (Wildman–Crippen LogP) is 2.38. The van der Waals surface area contributed by atoms with Crippen LogP contribution in [-0.4, -0.2) is 50.0 Å². The molecule has 1 aromatic rings. The van der Waals surface area contributed by atoms with Gasteiger partial charge in [0.2, 0.25) is 5.69 Å². The minimum absolute atomic E-state index is 0.0478. The van der Waals surface area contributed by atoms with Gasteiger partial charge in [-0.1, -0.05) is 27.2 Å². The average Bonchev–Trinajstić information content (AvgIpc) is 2.63. The number of hydrogen-bond acceptors (Lipinski definition) is 3.